The van der Waals surface area contributed by atoms with Crippen LogP contribution in [0.25, 0.3) is 10.9 Å². The van der Waals surface area contributed by atoms with E-state index >= 15 is 0 Å². The van der Waals surface area contributed by atoms with Crippen LogP contribution < -0.4 is 11.1 Å². The second-order valence-corrected chi connectivity index (χ2v) is 6.43. The molecule has 1 amide bonds. The van der Waals surface area contributed by atoms with E-state index in [4.69, 9.17) is 28.7 Å². The van der Waals surface area contributed by atoms with E-state index in [1.807, 2.05) is 0 Å². The third kappa shape index (κ3) is 6.66. The molecular weight excluding hydrogens is 401 g/mol. The van der Waals surface area contributed by atoms with E-state index in [2.05, 4.69) is 10.3 Å². The van der Waals surface area contributed by atoms with E-state index in [1.54, 1.807) is 18.1 Å². The molecule has 2 aromatic rings. The lowest BCUT2D eigenvalue weighted by molar-refractivity contribution is -0.118. The van der Waals surface area contributed by atoms with E-state index < -0.39 is 27.7 Å². The number of H-pyrrole nitrogens is 1. The molecule has 28 heavy (non-hydrogen) atoms. The molecule has 0 radical (unpaired) electrons. The predicted molar refractivity (Wildman–Crippen MR) is 97.0 cm³/mol. The molecule has 0 aliphatic carbocycles. The molecule has 0 bridgehead atoms. The van der Waals surface area contributed by atoms with Crippen molar-refractivity contribution < 1.29 is 36.9 Å². The third-order valence-electron chi connectivity index (χ3n) is 3.38. The summed E-state index contributed by atoms with van der Waals surface area (Å²) in [5.41, 5.74) is 6.53. The fourth-order valence-electron chi connectivity index (χ4n) is 2.21. The Bertz CT molecular complexity index is 968. The van der Waals surface area contributed by atoms with Crippen LogP contribution in [0.4, 0.5) is 4.39 Å². The number of phenols is 2. The molecule has 0 saturated carbocycles. The van der Waals surface area contributed by atoms with Gasteiger partial charge in [-0.25, -0.2) is 4.39 Å². The average Bonchev–Trinajstić information content (AvgIpc) is 3.07. The van der Waals surface area contributed by atoms with Gasteiger partial charge in [0.25, 0.3) is 0 Å². The zero-order chi connectivity index (χ0) is 21.6. The maximum Gasteiger partial charge on any atom is 0.394 e. The zero-order valence-corrected chi connectivity index (χ0v) is 15.4. The molecule has 1 fully saturated rings. The minimum Gasteiger partial charge on any atom is -0.504 e. The van der Waals surface area contributed by atoms with Gasteiger partial charge in [-0.15, -0.1) is 0 Å². The van der Waals surface area contributed by atoms with Crippen molar-refractivity contribution in [2.24, 2.45) is 5.73 Å². The quantitative estimate of drug-likeness (QED) is 0.232. The number of carbonyl (C=O) groups is 1. The number of benzene rings is 1. The van der Waals surface area contributed by atoms with Crippen LogP contribution in [0, 0.1) is 11.2 Å². The number of nitrogens with two attached hydrogens (primary N) is 1. The van der Waals surface area contributed by atoms with E-state index in [0.717, 1.165) is 0 Å². The number of nitrogens with zero attached hydrogens (tertiary/aromatic N) is 1. The van der Waals surface area contributed by atoms with Gasteiger partial charge in [0.2, 0.25) is 5.91 Å². The van der Waals surface area contributed by atoms with Crippen LogP contribution in [0.5, 0.6) is 11.5 Å². The average molecular weight is 421 g/mol. The highest BCUT2D eigenvalue weighted by Crippen LogP contribution is 2.35. The second kappa shape index (κ2) is 9.32. The van der Waals surface area contributed by atoms with Gasteiger partial charge in [0, 0.05) is 24.7 Å². The van der Waals surface area contributed by atoms with Crippen molar-refractivity contribution in [2.45, 2.75) is 6.42 Å². The fourth-order valence-corrected chi connectivity index (χ4v) is 2.21. The summed E-state index contributed by atoms with van der Waals surface area (Å²) in [4.78, 5) is 14.7. The second-order valence-electron chi connectivity index (χ2n) is 5.53. The van der Waals surface area contributed by atoms with Crippen LogP contribution in [0.2, 0.25) is 0 Å². The van der Waals surface area contributed by atoms with Crippen molar-refractivity contribution in [3.05, 3.63) is 23.6 Å². The van der Waals surface area contributed by atoms with Gasteiger partial charge < -0.3 is 25.8 Å². The van der Waals surface area contributed by atoms with Gasteiger partial charge in [0.05, 0.1) is 12.1 Å². The van der Waals surface area contributed by atoms with Crippen LogP contribution in [-0.2, 0) is 21.6 Å². The smallest absolute Gasteiger partial charge is 0.394 e. The molecule has 1 aromatic carbocycles. The van der Waals surface area contributed by atoms with Gasteiger partial charge in [-0.3, -0.25) is 24.6 Å². The molecule has 3 rings (SSSR count). The van der Waals surface area contributed by atoms with Gasteiger partial charge in [-0.05, 0) is 18.5 Å². The Morgan fingerprint density at radius 1 is 1.36 bits per heavy atom. The van der Waals surface area contributed by atoms with E-state index in [-0.39, 0.29) is 17.3 Å². The first-order valence-electron chi connectivity index (χ1n) is 7.55. The summed E-state index contributed by atoms with van der Waals surface area (Å²) in [6.07, 6.45) is 2.14. The third-order valence-corrected chi connectivity index (χ3v) is 3.38. The largest absolute Gasteiger partial charge is 0.504 e. The highest BCUT2D eigenvalue weighted by molar-refractivity contribution is 7.79. The summed E-state index contributed by atoms with van der Waals surface area (Å²) >= 11 is 0. The SMILES string of the molecule is CN1CC(=O)NC1=N.NCCc1c[nH]c2cc(O)c(O)c(F)c12.O=S(=O)(O)O. The molecule has 9 N–H and O–H groups in total. The minimum absolute atomic E-state index is 0.0995. The number of fused-ring (bicyclic) bond motifs is 1. The normalized spacial score (nSPS) is 13.5. The number of guanidine groups is 1. The lowest BCUT2D eigenvalue weighted by Crippen LogP contribution is -2.25. The van der Waals surface area contributed by atoms with E-state index in [1.165, 1.54) is 6.07 Å². The van der Waals surface area contributed by atoms with Crippen LogP contribution in [0.15, 0.2) is 12.3 Å². The first kappa shape index (κ1) is 23.1. The number of hydrogen-bond acceptors (Lipinski definition) is 7. The Kier molecular flexibility index (Phi) is 7.69. The summed E-state index contributed by atoms with van der Waals surface area (Å²) in [6, 6.07) is 1.29. The lowest BCUT2D eigenvalue weighted by Gasteiger charge is -2.03. The van der Waals surface area contributed by atoms with Gasteiger partial charge in [0.1, 0.15) is 0 Å². The van der Waals surface area contributed by atoms with Gasteiger partial charge >= 0.3 is 10.4 Å². The number of halogens is 1. The molecule has 12 nitrogen and oxygen atoms in total. The van der Waals surface area contributed by atoms with Gasteiger partial charge in [-0.2, -0.15) is 8.42 Å². The zero-order valence-electron chi connectivity index (χ0n) is 14.6. The number of hydrogen-bond donors (Lipinski definition) is 8. The van der Waals surface area contributed by atoms with Crippen molar-refractivity contribution in [3.63, 3.8) is 0 Å². The summed E-state index contributed by atoms with van der Waals surface area (Å²) < 4.78 is 45.2. The molecular formula is C14H20FN5O7S. The monoisotopic (exact) mass is 421 g/mol. The number of phenolic OH excluding ortho intramolecular Hbond substituents is 2. The number of carbonyl (C=O) groups excluding carboxylic acids is 1. The summed E-state index contributed by atoms with van der Waals surface area (Å²) in [7, 11) is -2.97. The fraction of sp³-hybridized carbons (Fsp3) is 0.286. The topological polar surface area (TPSA) is 213 Å². The molecule has 2 heterocycles. The number of aromatic hydroxyl groups is 2. The van der Waals surface area contributed by atoms with Crippen LogP contribution in [-0.4, -0.2) is 69.6 Å². The summed E-state index contributed by atoms with van der Waals surface area (Å²) in [5, 5.41) is 28.1. The first-order valence-corrected chi connectivity index (χ1v) is 8.94. The number of nitrogens with one attached hydrogen (secondary N) is 3. The highest BCUT2D eigenvalue weighted by atomic mass is 32.3. The van der Waals surface area contributed by atoms with Crippen molar-refractivity contribution in [1.82, 2.24) is 15.2 Å². The molecule has 1 aliphatic heterocycles. The van der Waals surface area contributed by atoms with Crippen molar-refractivity contribution >= 4 is 33.2 Å². The lowest BCUT2D eigenvalue weighted by atomic mass is 10.1. The first-order chi connectivity index (χ1) is 12.8. The molecule has 156 valence electrons. The number of likely N-dealkylation sites (N-methyl/N-ethyl adjacent to an activating group) is 1. The van der Waals surface area contributed by atoms with Gasteiger partial charge in [-0.1, -0.05) is 0 Å². The van der Waals surface area contributed by atoms with Crippen molar-refractivity contribution in [1.29, 1.82) is 5.41 Å². The van der Waals surface area contributed by atoms with Gasteiger partial charge in [0.15, 0.2) is 23.3 Å². The Hall–Kier alpha value is -2.94. The van der Waals surface area contributed by atoms with E-state index in [0.29, 0.717) is 30.6 Å². The summed E-state index contributed by atoms with van der Waals surface area (Å²) in [6.45, 7) is 0.715. The van der Waals surface area contributed by atoms with Crippen LogP contribution >= 0.6 is 0 Å². The predicted octanol–water partition coefficient (Wildman–Crippen LogP) is -0.451. The van der Waals surface area contributed by atoms with E-state index in [9.17, 15) is 19.4 Å². The molecule has 1 aliphatic rings. The maximum absolute atomic E-state index is 13.6. The summed E-state index contributed by atoms with van der Waals surface area (Å²) in [5.74, 6) is -1.91. The number of aromatic nitrogens is 1. The number of aromatic amines is 1. The standard InChI is InChI=1S/C10H11FN2O2.C4H7N3O.H2O4S/c11-9-8-5(1-2-12)4-13-6(8)3-7(14)10(9)15;1-7-2-3(8)6-4(7)5;1-5(2,3)4/h3-4,13-15H,1-2,12H2;2H2,1H3,(H2,5,6,8);(H2,1,2,3,4). The molecule has 0 unspecified atom stereocenters. The Labute approximate surface area is 158 Å². The van der Waals surface area contributed by atoms with Crippen LogP contribution in [0.3, 0.4) is 0 Å². The minimum atomic E-state index is -4.67. The molecule has 14 heteroatoms. The molecule has 0 atom stereocenters. The van der Waals surface area contributed by atoms with Crippen molar-refractivity contribution in [3.8, 4) is 11.5 Å². The number of rotatable bonds is 2. The molecule has 1 saturated heterocycles. The number of amides is 1. The van der Waals surface area contributed by atoms with Crippen molar-refractivity contribution in [2.75, 3.05) is 20.1 Å². The Balaban J connectivity index is 0.000000253. The molecule has 0 spiro atoms. The van der Waals surface area contributed by atoms with Crippen LogP contribution in [0.1, 0.15) is 5.56 Å². The Morgan fingerprint density at radius 3 is 2.32 bits per heavy atom. The highest BCUT2D eigenvalue weighted by Gasteiger charge is 2.18. The maximum atomic E-state index is 13.6. The Morgan fingerprint density at radius 2 is 1.93 bits per heavy atom. The molecule has 1 aromatic heterocycles.